The van der Waals surface area contributed by atoms with Gasteiger partial charge in [0, 0.05) is 303 Å². The largest absolute Gasteiger partial charge is 0.421 e. The Morgan fingerprint density at radius 2 is 0.517 bits per heavy atom. The summed E-state index contributed by atoms with van der Waals surface area (Å²) in [5, 5.41) is 6.26. The maximum absolute atomic E-state index is 14.4. The molecule has 3 N–H and O–H groups in total. The first kappa shape index (κ1) is 112. The summed E-state index contributed by atoms with van der Waals surface area (Å²) in [7, 11) is -20.9. The van der Waals surface area contributed by atoms with Crippen molar-refractivity contribution >= 4 is 107 Å². The Balaban J connectivity index is 0.000000178. The molecule has 0 saturated heterocycles. The quantitative estimate of drug-likeness (QED) is 0.0408. The maximum atomic E-state index is 14.4. The van der Waals surface area contributed by atoms with E-state index in [0.717, 1.165) is 30.9 Å². The first-order valence-electron chi connectivity index (χ1n) is 40.5. The third kappa shape index (κ3) is 28.9. The molecule has 18 aromatic heterocycles. The second-order valence-corrected chi connectivity index (χ2v) is 44.0. The van der Waals surface area contributed by atoms with Crippen LogP contribution in [0.5, 0.6) is 0 Å². The first-order valence-corrected chi connectivity index (χ1v) is 50.6. The van der Waals surface area contributed by atoms with Crippen LogP contribution < -0.4 is 63.7 Å². The molecule has 0 fully saturated rings. The molecular weight excluding hydrogens is 2520 g/mol. The summed E-state index contributed by atoms with van der Waals surface area (Å²) < 4.78 is 195. The normalized spacial score (nSPS) is 11.4. The number of aromatic nitrogens is 21. The summed E-state index contributed by atoms with van der Waals surface area (Å²) in [6.45, 7) is 4.30. The number of halogens is 11. The van der Waals surface area contributed by atoms with E-state index < -0.39 is 91.2 Å². The Morgan fingerprint density at radius 3 is 0.727 bits per heavy atom. The minimum atomic E-state index is -4.59. The molecule has 3 radical (unpaired) electrons. The van der Waals surface area contributed by atoms with Gasteiger partial charge in [-0.05, 0) is 194 Å². The third-order valence-electron chi connectivity index (χ3n) is 19.2. The summed E-state index contributed by atoms with van der Waals surface area (Å²) in [6, 6.07) is 50.6. The fourth-order valence-corrected chi connectivity index (χ4v) is 30.3. The van der Waals surface area contributed by atoms with Gasteiger partial charge in [0.15, 0.2) is 0 Å². The van der Waals surface area contributed by atoms with Crippen molar-refractivity contribution in [2.24, 2.45) is 13.5 Å². The number of hydrogen-bond donors (Lipinski definition) is 3. The van der Waals surface area contributed by atoms with E-state index >= 15 is 0 Å². The molecule has 0 aromatic carbocycles. The van der Waals surface area contributed by atoms with Gasteiger partial charge in [-0.15, -0.1) is 42.0 Å². The Morgan fingerprint density at radius 1 is 0.280 bits per heavy atom. The molecule has 18 rings (SSSR count). The van der Waals surface area contributed by atoms with Gasteiger partial charge in [0.25, 0.3) is 0 Å². The van der Waals surface area contributed by atoms with Gasteiger partial charge in [-0.25, -0.2) is 23.5 Å². The zero-order valence-electron chi connectivity index (χ0n) is 73.6. The molecule has 30 nitrogen and oxygen atoms in total. The van der Waals surface area contributed by atoms with E-state index in [1.165, 1.54) is 51.5 Å². The summed E-state index contributed by atoms with van der Waals surface area (Å²) in [4.78, 5) is 116. The topological polar surface area (TPSA) is 420 Å². The van der Waals surface area contributed by atoms with Gasteiger partial charge in [-0.3, -0.25) is 93.4 Å². The molecule has 18 heterocycles. The Kier molecular flexibility index (Phi) is 39.7. The number of hydrogen-bond acceptors (Lipinski definition) is 24. The fourth-order valence-electron chi connectivity index (χ4n) is 12.7. The van der Waals surface area contributed by atoms with Crippen LogP contribution in [0.4, 0.5) is 48.3 Å². The molecule has 0 aliphatic carbocycles. The van der Waals surface area contributed by atoms with E-state index in [-0.39, 0.29) is 105 Å². The van der Waals surface area contributed by atoms with E-state index in [1.54, 1.807) is 294 Å². The van der Waals surface area contributed by atoms with Crippen LogP contribution in [0.3, 0.4) is 0 Å². The van der Waals surface area contributed by atoms with Crippen LogP contribution in [-0.2, 0) is 92.5 Å². The van der Waals surface area contributed by atoms with Crippen molar-refractivity contribution in [3.8, 4) is 33.8 Å². The SMILES string of the molecule is Cc1cc(-c2cnc(F)cn2)[c-]c(C(F)(F)F)n1.Cc1cc(-c2cnccn2)[c-]c(C(F)(F)F)n1.Cc1nc(C(F)(F)F)c[c-]c1-c1cnc(F)cn1.O=P(N=P(O)(c1ccncc1)c1ccncc1)(c1ccncc1)c1ccncc1.O=P(N=P(O)(c1ccncc1)c1ccncc1)(c1ccncc1)c1ccncc1.O=P(N=P(O)(c1ccncc1)c1ccncc1)(c1ccncc1)c1ccncc1.[Ir].[Ir].[Ir]. The van der Waals surface area contributed by atoms with Crippen LogP contribution in [0.2, 0.25) is 0 Å². The van der Waals surface area contributed by atoms with Crippen molar-refractivity contribution in [1.82, 2.24) is 105 Å². The molecule has 0 unspecified atom stereocenters. The molecule has 0 aliphatic heterocycles. The summed E-state index contributed by atoms with van der Waals surface area (Å²) in [5.41, 5.74) is -1.45. The molecular formula is C93H70F11Ir3N24O6P6-3. The first-order chi connectivity index (χ1) is 67.1. The van der Waals surface area contributed by atoms with Crippen LogP contribution in [0.25, 0.3) is 33.8 Å². The van der Waals surface area contributed by atoms with Crippen LogP contribution in [0, 0.1) is 50.9 Å². The van der Waals surface area contributed by atoms with E-state index in [0.29, 0.717) is 69.3 Å². The zero-order valence-corrected chi connectivity index (χ0v) is 86.2. The van der Waals surface area contributed by atoms with Crippen LogP contribution in [0.15, 0.2) is 369 Å². The van der Waals surface area contributed by atoms with Gasteiger partial charge >= 0.3 is 18.5 Å². The number of aryl methyl sites for hydroxylation is 3. The van der Waals surface area contributed by atoms with Gasteiger partial charge < -0.3 is 29.6 Å². The van der Waals surface area contributed by atoms with Crippen molar-refractivity contribution in [2.45, 2.75) is 39.3 Å². The average molecular weight is 2590 g/mol. The molecule has 18 aromatic rings. The van der Waals surface area contributed by atoms with Crippen molar-refractivity contribution < 1.29 is 137 Å². The Hall–Kier alpha value is -13.1. The summed E-state index contributed by atoms with van der Waals surface area (Å²) >= 11 is 0. The minimum absolute atomic E-state index is 0. The smallest absolute Gasteiger partial charge is 0.353 e. The fraction of sp³-hybridized carbons (Fsp3) is 0.0645. The monoisotopic (exact) mass is 2590 g/mol. The minimum Gasteiger partial charge on any atom is -0.353 e. The number of pyridine rings is 15. The van der Waals surface area contributed by atoms with Crippen molar-refractivity contribution in [3.63, 3.8) is 0 Å². The van der Waals surface area contributed by atoms with Crippen molar-refractivity contribution in [1.29, 1.82) is 0 Å². The second kappa shape index (κ2) is 50.7. The Labute approximate surface area is 849 Å². The standard InChI is InChI=1S/3C20H17N5O2P2.2C11H6F4N3.C11H7F3N3.3Ir/c3*26-28(17-1-9-21-10-2-17,18-3-11-22-12-4-18)25-29(27,19-5-13-23-14-6-19)20-7-15-24-16-8-20;1-6-2-7(3-9(18-6)11(13,14)15)8-4-17-10(12)5-16-8;1-6-7(8-4-17-10(12)5-16-8)2-3-9(18-6)11(13,14)15;1-7-4-8(9-6-15-2-3-16-9)5-10(17-7)11(12,13)14;;;/h3*1-16,26H;2,4-5H,1H3;3-5H,1H3;2-4,6H,1H3;;;/q;;;3*-1;;;. The van der Waals surface area contributed by atoms with Crippen LogP contribution in [-0.4, -0.2) is 119 Å². The van der Waals surface area contributed by atoms with E-state index in [4.69, 9.17) is 13.5 Å². The molecule has 50 heteroatoms. The Bertz CT molecular complexity index is 6790. The number of alkyl halides is 9. The molecule has 0 atom stereocenters. The molecule has 0 aliphatic rings. The van der Waals surface area contributed by atoms with Crippen molar-refractivity contribution in [3.05, 3.63) is 420 Å². The zero-order chi connectivity index (χ0) is 99.6. The molecule has 143 heavy (non-hydrogen) atoms. The van der Waals surface area contributed by atoms with E-state index in [9.17, 15) is 76.7 Å². The number of nitrogens with zero attached hydrogens (tertiary/aromatic N) is 24. The molecule has 0 amide bonds. The van der Waals surface area contributed by atoms with Gasteiger partial charge in [0.2, 0.25) is 33.8 Å². The average Bonchev–Trinajstić information content (AvgIpc) is 0.758. The van der Waals surface area contributed by atoms with Crippen LogP contribution in [0.1, 0.15) is 34.2 Å². The number of rotatable bonds is 18. The molecule has 0 bridgehead atoms. The molecule has 0 saturated carbocycles. The van der Waals surface area contributed by atoms with Crippen molar-refractivity contribution in [2.75, 3.05) is 0 Å². The van der Waals surface area contributed by atoms with E-state index in [1.807, 2.05) is 0 Å². The third-order valence-corrected chi connectivity index (χ3v) is 37.4. The molecule has 0 spiro atoms. The predicted molar refractivity (Wildman–Crippen MR) is 505 cm³/mol. The predicted octanol–water partition coefficient (Wildman–Crippen LogP) is 15.0. The van der Waals surface area contributed by atoms with E-state index in [2.05, 4.69) is 123 Å². The van der Waals surface area contributed by atoms with Gasteiger partial charge in [0.1, 0.15) is 21.8 Å². The summed E-state index contributed by atoms with van der Waals surface area (Å²) in [6.07, 6.45) is 32.3. The molecule has 735 valence electrons. The second-order valence-electron chi connectivity index (χ2n) is 28.6. The maximum Gasteiger partial charge on any atom is 0.421 e. The van der Waals surface area contributed by atoms with Gasteiger partial charge in [-0.1, -0.05) is 6.92 Å². The summed E-state index contributed by atoms with van der Waals surface area (Å²) in [5.74, 6) is -1.57. The van der Waals surface area contributed by atoms with Gasteiger partial charge in [0.05, 0.1) is 29.5 Å². The van der Waals surface area contributed by atoms with Gasteiger partial charge in [-0.2, -0.15) is 59.4 Å². The van der Waals surface area contributed by atoms with Crippen LogP contribution >= 0.6 is 43.7 Å².